The standard InChI is InChI=1S/C44H74N6O8/c1-16-28(4)38(49(13)42(54)36(30(6)45-10)47-41(53)37(27(2)3)48(11)12)34(56-14)26-35(51)50-24-20-23-33(50)39(57-15)29(5)40(52)46-32(43(55)58-44(7,8)9)25-31-21-18-17-19-22-31/h17-19,21-22,27-30,32-34,36-39H,10,16,20,23-26H2,1-9,11-15H3,(H,46,52)(H,47,53)/t28-,29+,30-,32-,33-,34+,36-,37-,38-,39+/m0/s1. The molecule has 14 heteroatoms. The Morgan fingerprint density at radius 3 is 2.07 bits per heavy atom. The van der Waals surface area contributed by atoms with Crippen molar-refractivity contribution < 1.29 is 38.2 Å². The number of amides is 4. The minimum absolute atomic E-state index is 0.00879. The summed E-state index contributed by atoms with van der Waals surface area (Å²) in [4.78, 5) is 78.7. The number of esters is 1. The van der Waals surface area contributed by atoms with Gasteiger partial charge in [-0.05, 0) is 78.7 Å². The third-order valence-corrected chi connectivity index (χ3v) is 11.3. The Hall–Kier alpha value is -3.88. The van der Waals surface area contributed by atoms with Crippen molar-refractivity contribution in [3.8, 4) is 0 Å². The molecule has 0 spiro atoms. The Morgan fingerprint density at radius 2 is 1.57 bits per heavy atom. The monoisotopic (exact) mass is 815 g/mol. The van der Waals surface area contributed by atoms with Gasteiger partial charge in [-0.2, -0.15) is 0 Å². The second kappa shape index (κ2) is 23.1. The number of hydrogen-bond acceptors (Lipinski definition) is 10. The first kappa shape index (κ1) is 50.3. The van der Waals surface area contributed by atoms with E-state index in [2.05, 4.69) is 22.3 Å². The van der Waals surface area contributed by atoms with Gasteiger partial charge in [0.25, 0.3) is 0 Å². The van der Waals surface area contributed by atoms with Gasteiger partial charge in [0.15, 0.2) is 0 Å². The summed E-state index contributed by atoms with van der Waals surface area (Å²) in [6.07, 6.45) is 0.867. The van der Waals surface area contributed by atoms with Crippen LogP contribution >= 0.6 is 0 Å². The van der Waals surface area contributed by atoms with Gasteiger partial charge in [-0.15, -0.1) is 0 Å². The van der Waals surface area contributed by atoms with Crippen LogP contribution in [0.3, 0.4) is 0 Å². The van der Waals surface area contributed by atoms with Crippen LogP contribution in [-0.4, -0.2) is 147 Å². The molecule has 1 aromatic carbocycles. The highest BCUT2D eigenvalue weighted by molar-refractivity contribution is 5.91. The molecule has 328 valence electrons. The Bertz CT molecular complexity index is 1490. The Kier molecular flexibility index (Phi) is 20.0. The van der Waals surface area contributed by atoms with Crippen LogP contribution in [0.15, 0.2) is 35.3 Å². The van der Waals surface area contributed by atoms with E-state index >= 15 is 0 Å². The zero-order valence-corrected chi connectivity index (χ0v) is 37.7. The van der Waals surface area contributed by atoms with E-state index in [-0.39, 0.29) is 48.3 Å². The maximum Gasteiger partial charge on any atom is 0.329 e. The van der Waals surface area contributed by atoms with E-state index in [9.17, 15) is 24.0 Å². The van der Waals surface area contributed by atoms with Gasteiger partial charge in [0, 0.05) is 34.2 Å². The second-order valence-corrected chi connectivity index (χ2v) is 17.4. The first-order valence-electron chi connectivity index (χ1n) is 20.7. The fraction of sp³-hybridized carbons (Fsp3) is 0.727. The molecule has 1 heterocycles. The Morgan fingerprint density at radius 1 is 0.948 bits per heavy atom. The number of rotatable bonds is 22. The van der Waals surface area contributed by atoms with Gasteiger partial charge in [0.05, 0.1) is 48.7 Å². The van der Waals surface area contributed by atoms with Crippen molar-refractivity contribution in [2.75, 3.05) is 41.9 Å². The Labute approximate surface area is 348 Å². The van der Waals surface area contributed by atoms with Gasteiger partial charge in [0.2, 0.25) is 23.6 Å². The number of nitrogens with one attached hydrogen (secondary N) is 2. The number of nitrogens with zero attached hydrogens (tertiary/aromatic N) is 4. The lowest BCUT2D eigenvalue weighted by Crippen LogP contribution is -2.60. The molecule has 0 saturated carbocycles. The molecule has 1 saturated heterocycles. The van der Waals surface area contributed by atoms with E-state index < -0.39 is 65.9 Å². The minimum atomic E-state index is -0.989. The van der Waals surface area contributed by atoms with Gasteiger partial charge in [0.1, 0.15) is 17.7 Å². The van der Waals surface area contributed by atoms with Crippen molar-refractivity contribution in [1.82, 2.24) is 25.3 Å². The van der Waals surface area contributed by atoms with E-state index in [1.807, 2.05) is 77.0 Å². The number of aliphatic imine (C=N–C) groups is 1. The van der Waals surface area contributed by atoms with Gasteiger partial charge in [-0.25, -0.2) is 4.79 Å². The van der Waals surface area contributed by atoms with Crippen LogP contribution < -0.4 is 10.6 Å². The van der Waals surface area contributed by atoms with E-state index in [1.54, 1.807) is 51.5 Å². The maximum atomic E-state index is 14.3. The molecule has 2 rings (SSSR count). The van der Waals surface area contributed by atoms with Crippen LogP contribution in [-0.2, 0) is 44.6 Å². The van der Waals surface area contributed by atoms with E-state index in [0.29, 0.717) is 25.8 Å². The highest BCUT2D eigenvalue weighted by atomic mass is 16.6. The van der Waals surface area contributed by atoms with E-state index in [0.717, 1.165) is 5.56 Å². The normalized spacial score (nSPS) is 19.2. The number of hydrogen-bond donors (Lipinski definition) is 2. The molecule has 0 aromatic heterocycles. The SMILES string of the molecule is C=N[C@@H](C)[C@H](NC(=O)[C@H](C(C)C)N(C)C)C(=O)N(C)[C@@H]([C@@H](C)CC)[C@@H](CC(=O)N1CCC[C@H]1[C@H](OC)[C@@H](C)C(=O)N[C@@H](Cc1ccccc1)C(=O)OC(C)(C)C)OC. The van der Waals surface area contributed by atoms with Crippen LogP contribution in [0.2, 0.25) is 0 Å². The second-order valence-electron chi connectivity index (χ2n) is 17.4. The summed E-state index contributed by atoms with van der Waals surface area (Å²) in [5, 5.41) is 5.88. The van der Waals surface area contributed by atoms with Crippen molar-refractivity contribution in [3.05, 3.63) is 35.9 Å². The van der Waals surface area contributed by atoms with Crippen LogP contribution in [0.1, 0.15) is 93.6 Å². The number of carbonyl (C=O) groups excluding carboxylic acids is 5. The predicted octanol–water partition coefficient (Wildman–Crippen LogP) is 4.14. The minimum Gasteiger partial charge on any atom is -0.458 e. The predicted molar refractivity (Wildman–Crippen MR) is 227 cm³/mol. The lowest BCUT2D eigenvalue weighted by Gasteiger charge is -2.41. The molecular formula is C44H74N6O8. The molecular weight excluding hydrogens is 741 g/mol. The van der Waals surface area contributed by atoms with E-state index in [1.165, 1.54) is 14.2 Å². The number of methoxy groups -OCH3 is 2. The molecule has 1 fully saturated rings. The number of likely N-dealkylation sites (tertiary alicyclic amines) is 1. The van der Waals surface area contributed by atoms with Crippen LogP contribution in [0, 0.1) is 17.8 Å². The van der Waals surface area contributed by atoms with Gasteiger partial charge in [-0.1, -0.05) is 71.4 Å². The zero-order chi connectivity index (χ0) is 44.1. The topological polar surface area (TPSA) is 159 Å². The van der Waals surface area contributed by atoms with E-state index in [4.69, 9.17) is 14.2 Å². The number of likely N-dealkylation sites (N-methyl/N-ethyl adjacent to an activating group) is 2. The van der Waals surface area contributed by atoms with Gasteiger partial charge >= 0.3 is 5.97 Å². The highest BCUT2D eigenvalue weighted by Crippen LogP contribution is 2.30. The molecule has 0 radical (unpaired) electrons. The molecule has 0 bridgehead atoms. The average molecular weight is 815 g/mol. The molecule has 2 N–H and O–H groups in total. The van der Waals surface area contributed by atoms with Crippen LogP contribution in [0.25, 0.3) is 0 Å². The molecule has 10 atom stereocenters. The number of ether oxygens (including phenoxy) is 3. The third-order valence-electron chi connectivity index (χ3n) is 11.3. The van der Waals surface area contributed by atoms with Crippen molar-refractivity contribution in [1.29, 1.82) is 0 Å². The molecule has 1 aliphatic rings. The zero-order valence-electron chi connectivity index (χ0n) is 37.7. The number of carbonyl (C=O) groups is 5. The third kappa shape index (κ3) is 13.9. The summed E-state index contributed by atoms with van der Waals surface area (Å²) in [5.74, 6) is -2.58. The Balaban J connectivity index is 2.34. The quantitative estimate of drug-likeness (QED) is 0.130. The summed E-state index contributed by atoms with van der Waals surface area (Å²) in [5.41, 5.74) is 0.120. The summed E-state index contributed by atoms with van der Waals surface area (Å²) >= 11 is 0. The van der Waals surface area contributed by atoms with Crippen LogP contribution in [0.5, 0.6) is 0 Å². The average Bonchev–Trinajstić information content (AvgIpc) is 3.64. The van der Waals surface area contributed by atoms with Crippen LogP contribution in [0.4, 0.5) is 0 Å². The lowest BCUT2D eigenvalue weighted by molar-refractivity contribution is -0.159. The first-order chi connectivity index (χ1) is 27.1. The molecule has 1 aliphatic heterocycles. The summed E-state index contributed by atoms with van der Waals surface area (Å²) < 4.78 is 17.7. The summed E-state index contributed by atoms with van der Waals surface area (Å²) in [7, 11) is 8.39. The van der Waals surface area contributed by atoms with Gasteiger partial charge in [-0.3, -0.25) is 29.1 Å². The fourth-order valence-electron chi connectivity index (χ4n) is 8.11. The van der Waals surface area contributed by atoms with Crippen molar-refractivity contribution >= 4 is 36.3 Å². The maximum absolute atomic E-state index is 14.3. The number of benzene rings is 1. The smallest absolute Gasteiger partial charge is 0.329 e. The first-order valence-corrected chi connectivity index (χ1v) is 20.7. The molecule has 0 unspecified atom stereocenters. The largest absolute Gasteiger partial charge is 0.458 e. The van der Waals surface area contributed by atoms with Crippen molar-refractivity contribution in [3.63, 3.8) is 0 Å². The lowest BCUT2D eigenvalue weighted by atomic mass is 9.89. The van der Waals surface area contributed by atoms with Crippen molar-refractivity contribution in [2.45, 2.75) is 148 Å². The molecule has 14 nitrogen and oxygen atoms in total. The molecule has 0 aliphatic carbocycles. The summed E-state index contributed by atoms with van der Waals surface area (Å²) in [6.45, 7) is 20.9. The molecule has 4 amide bonds. The molecule has 58 heavy (non-hydrogen) atoms. The van der Waals surface area contributed by atoms with Gasteiger partial charge < -0.3 is 34.6 Å². The molecule has 1 aromatic rings. The van der Waals surface area contributed by atoms with Crippen molar-refractivity contribution in [2.24, 2.45) is 22.7 Å². The fourth-order valence-corrected chi connectivity index (χ4v) is 8.11. The summed E-state index contributed by atoms with van der Waals surface area (Å²) in [6, 6.07) is 5.46. The highest BCUT2D eigenvalue weighted by Gasteiger charge is 2.44.